The molecule has 3 heterocycles. The summed E-state index contributed by atoms with van der Waals surface area (Å²) < 4.78 is 8.98. The van der Waals surface area contributed by atoms with Crippen molar-refractivity contribution in [1.82, 2.24) is 4.57 Å². The monoisotopic (exact) mass is 489 g/mol. The second-order valence-electron chi connectivity index (χ2n) is 9.47. The van der Waals surface area contributed by atoms with Gasteiger partial charge in [-0.1, -0.05) is 48.5 Å². The highest BCUT2D eigenvalue weighted by Gasteiger charge is 2.29. The highest BCUT2D eigenvalue weighted by Crippen LogP contribution is 2.46. The molecule has 0 bridgehead atoms. The zero-order valence-corrected chi connectivity index (χ0v) is 21.8. The molecule has 0 unspecified atom stereocenters. The Bertz CT molecular complexity index is 1930. The lowest BCUT2D eigenvalue weighted by Crippen LogP contribution is -2.30. The summed E-state index contributed by atoms with van der Waals surface area (Å²) in [6, 6.07) is 29.0. The molecule has 0 N–H and O–H groups in total. The van der Waals surface area contributed by atoms with E-state index in [-0.39, 0.29) is 0 Å². The molecule has 35 heavy (non-hydrogen) atoms. The van der Waals surface area contributed by atoms with Gasteiger partial charge in [-0.3, -0.25) is 0 Å². The van der Waals surface area contributed by atoms with E-state index in [0.29, 0.717) is 0 Å². The summed E-state index contributed by atoms with van der Waals surface area (Å²) in [5.41, 5.74) is 8.92. The molecule has 0 amide bonds. The summed E-state index contributed by atoms with van der Waals surface area (Å²) in [5, 5.41) is 4.17. The van der Waals surface area contributed by atoms with Crippen LogP contribution in [-0.2, 0) is 7.05 Å². The van der Waals surface area contributed by atoms with Gasteiger partial charge in [0, 0.05) is 25.6 Å². The molecule has 2 nitrogen and oxygen atoms in total. The van der Waals surface area contributed by atoms with Crippen molar-refractivity contribution >= 4 is 63.3 Å². The number of fused-ring (bicyclic) bond motifs is 6. The highest BCUT2D eigenvalue weighted by atomic mass is 32.2. The molecular weight excluding hydrogens is 464 g/mol. The molecule has 0 saturated heterocycles. The number of nitrogens with zero attached hydrogens (tertiary/aromatic N) is 2. The molecule has 0 spiro atoms. The quantitative estimate of drug-likeness (QED) is 0.215. The summed E-state index contributed by atoms with van der Waals surface area (Å²) in [7, 11) is 2.20. The number of hydrogen-bond acceptors (Lipinski definition) is 2. The van der Waals surface area contributed by atoms with E-state index in [2.05, 4.69) is 116 Å². The third-order valence-electron chi connectivity index (χ3n) is 7.28. The lowest BCUT2D eigenvalue weighted by Gasteiger charge is -2.11. The van der Waals surface area contributed by atoms with E-state index in [1.807, 2.05) is 22.7 Å². The fourth-order valence-corrected chi connectivity index (χ4v) is 8.28. The van der Waals surface area contributed by atoms with Crippen LogP contribution < -0.4 is 4.57 Å². The number of aromatic nitrogens is 2. The van der Waals surface area contributed by atoms with Crippen molar-refractivity contribution in [2.45, 2.75) is 20.8 Å². The van der Waals surface area contributed by atoms with Crippen molar-refractivity contribution in [2.75, 3.05) is 0 Å². The molecule has 4 aromatic carbocycles. The number of para-hydroxylation sites is 3. The van der Waals surface area contributed by atoms with E-state index in [1.54, 1.807) is 0 Å². The summed E-state index contributed by atoms with van der Waals surface area (Å²) in [6.45, 7) is 6.70. The predicted molar refractivity (Wildman–Crippen MR) is 152 cm³/mol. The topological polar surface area (TPSA) is 8.81 Å². The van der Waals surface area contributed by atoms with Gasteiger partial charge in [-0.2, -0.15) is 4.57 Å². The molecule has 3 aromatic heterocycles. The SMILES string of the molecule is Cc1cc2c(cc1-c1n(-c3c(C)cccc3C)c3ccccc3[n+]1C)sc1sc3ccccc3c12. The van der Waals surface area contributed by atoms with Crippen LogP contribution in [0, 0.1) is 20.8 Å². The molecule has 7 rings (SSSR count). The number of rotatable bonds is 2. The van der Waals surface area contributed by atoms with Gasteiger partial charge in [0.15, 0.2) is 11.0 Å². The van der Waals surface area contributed by atoms with Crippen LogP contribution >= 0.6 is 22.7 Å². The number of thiophene rings is 2. The summed E-state index contributed by atoms with van der Waals surface area (Å²) in [4.78, 5) is 0. The van der Waals surface area contributed by atoms with E-state index in [1.165, 1.54) is 74.4 Å². The van der Waals surface area contributed by atoms with E-state index in [9.17, 15) is 0 Å². The third kappa shape index (κ3) is 2.90. The maximum absolute atomic E-state index is 2.47. The van der Waals surface area contributed by atoms with Gasteiger partial charge in [0.2, 0.25) is 0 Å². The number of hydrogen-bond donors (Lipinski definition) is 0. The van der Waals surface area contributed by atoms with Crippen LogP contribution in [-0.4, -0.2) is 4.57 Å². The van der Waals surface area contributed by atoms with Crippen LogP contribution in [0.4, 0.5) is 0 Å². The minimum atomic E-state index is 1.23. The van der Waals surface area contributed by atoms with Gasteiger partial charge in [0.1, 0.15) is 5.69 Å². The summed E-state index contributed by atoms with van der Waals surface area (Å²) in [6.07, 6.45) is 0. The molecule has 4 heteroatoms. The molecule has 0 aliphatic heterocycles. The molecule has 0 fully saturated rings. The van der Waals surface area contributed by atoms with Crippen molar-refractivity contribution in [3.8, 4) is 17.1 Å². The predicted octanol–water partition coefficient (Wildman–Crippen LogP) is 8.63. The van der Waals surface area contributed by atoms with Crippen LogP contribution in [0.15, 0.2) is 78.9 Å². The van der Waals surface area contributed by atoms with Crippen molar-refractivity contribution in [3.63, 3.8) is 0 Å². The first-order valence-corrected chi connectivity index (χ1v) is 13.6. The van der Waals surface area contributed by atoms with E-state index in [4.69, 9.17) is 0 Å². The van der Waals surface area contributed by atoms with Gasteiger partial charge in [-0.15, -0.1) is 22.7 Å². The normalized spacial score (nSPS) is 12.0. The number of benzene rings is 4. The van der Waals surface area contributed by atoms with Crippen LogP contribution in [0.3, 0.4) is 0 Å². The average molecular weight is 490 g/mol. The first-order chi connectivity index (χ1) is 17.0. The van der Waals surface area contributed by atoms with Crippen LogP contribution in [0.5, 0.6) is 0 Å². The second kappa shape index (κ2) is 7.51. The van der Waals surface area contributed by atoms with Gasteiger partial charge in [0.05, 0.1) is 16.6 Å². The Kier molecular flexibility index (Phi) is 4.48. The van der Waals surface area contributed by atoms with Gasteiger partial charge in [0.25, 0.3) is 5.82 Å². The molecule has 7 aromatic rings. The Morgan fingerprint density at radius 2 is 1.40 bits per heavy atom. The Balaban J connectivity index is 1.59. The van der Waals surface area contributed by atoms with E-state index in [0.717, 1.165) is 0 Å². The molecule has 0 aliphatic carbocycles. The van der Waals surface area contributed by atoms with Gasteiger partial charge < -0.3 is 0 Å². The lowest BCUT2D eigenvalue weighted by atomic mass is 10.0. The van der Waals surface area contributed by atoms with Gasteiger partial charge >= 0.3 is 0 Å². The van der Waals surface area contributed by atoms with Crippen molar-refractivity contribution in [1.29, 1.82) is 0 Å². The summed E-state index contributed by atoms with van der Waals surface area (Å²) >= 11 is 3.84. The lowest BCUT2D eigenvalue weighted by molar-refractivity contribution is -0.633. The minimum absolute atomic E-state index is 1.23. The molecule has 0 radical (unpaired) electrons. The maximum Gasteiger partial charge on any atom is 0.295 e. The first kappa shape index (κ1) is 20.9. The largest absolute Gasteiger partial charge is 0.295 e. The molecule has 170 valence electrons. The second-order valence-corrected chi connectivity index (χ2v) is 11.8. The van der Waals surface area contributed by atoms with Crippen LogP contribution in [0.2, 0.25) is 0 Å². The van der Waals surface area contributed by atoms with Crippen LogP contribution in [0.1, 0.15) is 16.7 Å². The molecule has 0 aliphatic rings. The van der Waals surface area contributed by atoms with E-state index < -0.39 is 0 Å². The standard InChI is InChI=1S/C31H25N2S2/c1-18-10-9-11-19(2)29(18)33-25-14-7-6-13-24(25)32(4)30(33)22-17-27-23(16-20(22)3)28-21-12-5-8-15-26(21)34-31(28)35-27/h5-17H,1-4H3/q+1. The van der Waals surface area contributed by atoms with Gasteiger partial charge in [-0.05, 0) is 67.8 Å². The molecular formula is C31H25N2S2+. The minimum Gasteiger partial charge on any atom is -0.225 e. The zero-order valence-electron chi connectivity index (χ0n) is 20.2. The van der Waals surface area contributed by atoms with Crippen LogP contribution in [0.25, 0.3) is 57.7 Å². The zero-order chi connectivity index (χ0) is 23.8. The number of imidazole rings is 1. The fraction of sp³-hybridized carbons (Fsp3) is 0.129. The Morgan fingerprint density at radius 3 is 2.23 bits per heavy atom. The van der Waals surface area contributed by atoms with Crippen molar-refractivity contribution in [3.05, 3.63) is 95.6 Å². The molecule has 0 saturated carbocycles. The smallest absolute Gasteiger partial charge is 0.225 e. The summed E-state index contributed by atoms with van der Waals surface area (Å²) in [5.74, 6) is 1.23. The Hall–Kier alpha value is -3.47. The van der Waals surface area contributed by atoms with Crippen molar-refractivity contribution < 1.29 is 4.57 Å². The third-order valence-corrected chi connectivity index (χ3v) is 9.69. The fourth-order valence-electron chi connectivity index (χ4n) is 5.66. The average Bonchev–Trinajstić information content (AvgIpc) is 3.47. The molecule has 0 atom stereocenters. The first-order valence-electron chi connectivity index (χ1n) is 11.9. The maximum atomic E-state index is 2.47. The van der Waals surface area contributed by atoms with E-state index >= 15 is 0 Å². The van der Waals surface area contributed by atoms with Crippen molar-refractivity contribution in [2.24, 2.45) is 7.05 Å². The highest BCUT2D eigenvalue weighted by molar-refractivity contribution is 7.44. The number of aryl methyl sites for hydroxylation is 4. The van der Waals surface area contributed by atoms with Gasteiger partial charge in [-0.25, -0.2) is 4.57 Å². The Labute approximate surface area is 212 Å². The Morgan fingerprint density at radius 1 is 0.686 bits per heavy atom.